The minimum Gasteiger partial charge on any atom is -0.464 e. The number of rotatable bonds is 3. The molecular weight excluding hydrogens is 186 g/mol. The molecule has 2 heteroatoms. The SMILES string of the molecule is CNC(C)Cc1cccc2c(C)coc12. The molecule has 0 aliphatic rings. The van der Waals surface area contributed by atoms with E-state index in [9.17, 15) is 0 Å². The van der Waals surface area contributed by atoms with Crippen molar-refractivity contribution < 1.29 is 4.42 Å². The Morgan fingerprint density at radius 2 is 2.20 bits per heavy atom. The molecule has 1 aromatic carbocycles. The van der Waals surface area contributed by atoms with Crippen molar-refractivity contribution in [2.24, 2.45) is 0 Å². The highest BCUT2D eigenvalue weighted by atomic mass is 16.3. The number of hydrogen-bond acceptors (Lipinski definition) is 2. The van der Waals surface area contributed by atoms with E-state index in [1.54, 1.807) is 0 Å². The molecule has 1 N–H and O–H groups in total. The zero-order valence-electron chi connectivity index (χ0n) is 9.50. The third-order valence-corrected chi connectivity index (χ3v) is 2.89. The molecule has 1 atom stereocenters. The van der Waals surface area contributed by atoms with Crippen molar-refractivity contribution in [3.8, 4) is 0 Å². The van der Waals surface area contributed by atoms with Gasteiger partial charge in [0.05, 0.1) is 6.26 Å². The number of furan rings is 1. The number of aryl methyl sites for hydroxylation is 1. The molecule has 15 heavy (non-hydrogen) atoms. The third-order valence-electron chi connectivity index (χ3n) is 2.89. The largest absolute Gasteiger partial charge is 0.464 e. The predicted octanol–water partition coefficient (Wildman–Crippen LogP) is 2.89. The molecule has 0 bridgehead atoms. The van der Waals surface area contributed by atoms with Crippen LogP contribution in [0.15, 0.2) is 28.9 Å². The van der Waals surface area contributed by atoms with Crippen LogP contribution in [-0.4, -0.2) is 13.1 Å². The Bertz CT molecular complexity index is 459. The first-order chi connectivity index (χ1) is 7.22. The summed E-state index contributed by atoms with van der Waals surface area (Å²) in [5, 5.41) is 4.48. The standard InChI is InChI=1S/C13H17NO/c1-9-8-15-13-11(7-10(2)14-3)5-4-6-12(9)13/h4-6,8,10,14H,7H2,1-3H3. The minimum atomic E-state index is 0.473. The molecule has 0 amide bonds. The summed E-state index contributed by atoms with van der Waals surface area (Å²) in [6.07, 6.45) is 2.83. The van der Waals surface area contributed by atoms with E-state index in [4.69, 9.17) is 4.42 Å². The second-order valence-corrected chi connectivity index (χ2v) is 4.11. The van der Waals surface area contributed by atoms with Crippen LogP contribution in [0.2, 0.25) is 0 Å². The van der Waals surface area contributed by atoms with E-state index in [-0.39, 0.29) is 0 Å². The molecule has 0 radical (unpaired) electrons. The molecule has 1 aromatic heterocycles. The van der Waals surface area contributed by atoms with Gasteiger partial charge in [0.25, 0.3) is 0 Å². The van der Waals surface area contributed by atoms with E-state index in [0.29, 0.717) is 6.04 Å². The van der Waals surface area contributed by atoms with Crippen LogP contribution in [0.25, 0.3) is 11.0 Å². The Labute approximate surface area is 90.3 Å². The maximum absolute atomic E-state index is 5.60. The van der Waals surface area contributed by atoms with E-state index in [2.05, 4.69) is 37.4 Å². The first-order valence-corrected chi connectivity index (χ1v) is 5.35. The van der Waals surface area contributed by atoms with Gasteiger partial charge in [0, 0.05) is 11.4 Å². The first-order valence-electron chi connectivity index (χ1n) is 5.35. The number of para-hydroxylation sites is 1. The van der Waals surface area contributed by atoms with E-state index in [1.807, 2.05) is 13.3 Å². The van der Waals surface area contributed by atoms with Crippen LogP contribution in [0.4, 0.5) is 0 Å². The van der Waals surface area contributed by atoms with Gasteiger partial charge >= 0.3 is 0 Å². The molecule has 1 unspecified atom stereocenters. The molecule has 2 nitrogen and oxygen atoms in total. The van der Waals surface area contributed by atoms with Crippen LogP contribution in [0.5, 0.6) is 0 Å². The number of nitrogens with one attached hydrogen (secondary N) is 1. The summed E-state index contributed by atoms with van der Waals surface area (Å²) in [5.74, 6) is 0. The molecule has 0 saturated heterocycles. The Hall–Kier alpha value is -1.28. The van der Waals surface area contributed by atoms with Crippen LogP contribution in [0, 0.1) is 6.92 Å². The fraction of sp³-hybridized carbons (Fsp3) is 0.385. The molecule has 0 spiro atoms. The monoisotopic (exact) mass is 203 g/mol. The Balaban J connectivity index is 2.43. The van der Waals surface area contributed by atoms with Crippen molar-refractivity contribution in [1.29, 1.82) is 0 Å². The lowest BCUT2D eigenvalue weighted by Crippen LogP contribution is -2.23. The molecule has 0 aliphatic heterocycles. The Morgan fingerprint density at radius 3 is 2.93 bits per heavy atom. The summed E-state index contributed by atoms with van der Waals surface area (Å²) in [6.45, 7) is 4.26. The molecule has 1 heterocycles. The van der Waals surface area contributed by atoms with E-state index >= 15 is 0 Å². The van der Waals surface area contributed by atoms with Crippen LogP contribution in [0.3, 0.4) is 0 Å². The highest BCUT2D eigenvalue weighted by Gasteiger charge is 2.09. The highest BCUT2D eigenvalue weighted by Crippen LogP contribution is 2.24. The lowest BCUT2D eigenvalue weighted by Gasteiger charge is -2.09. The normalized spacial score (nSPS) is 13.3. The fourth-order valence-corrected chi connectivity index (χ4v) is 1.84. The van der Waals surface area contributed by atoms with Crippen molar-refractivity contribution in [1.82, 2.24) is 5.32 Å². The maximum atomic E-state index is 5.60. The zero-order valence-corrected chi connectivity index (χ0v) is 9.50. The van der Waals surface area contributed by atoms with Gasteiger partial charge in [-0.05, 0) is 38.4 Å². The Morgan fingerprint density at radius 1 is 1.40 bits per heavy atom. The number of fused-ring (bicyclic) bond motifs is 1. The molecule has 2 rings (SSSR count). The first kappa shape index (κ1) is 10.2. The summed E-state index contributed by atoms with van der Waals surface area (Å²) in [7, 11) is 1.98. The number of likely N-dealkylation sites (N-methyl/N-ethyl adjacent to an activating group) is 1. The average molecular weight is 203 g/mol. The molecule has 0 fully saturated rings. The second-order valence-electron chi connectivity index (χ2n) is 4.11. The van der Waals surface area contributed by atoms with Crippen molar-refractivity contribution in [2.45, 2.75) is 26.3 Å². The van der Waals surface area contributed by atoms with Crippen molar-refractivity contribution >= 4 is 11.0 Å². The van der Waals surface area contributed by atoms with E-state index in [1.165, 1.54) is 16.5 Å². The summed E-state index contributed by atoms with van der Waals surface area (Å²) in [4.78, 5) is 0. The van der Waals surface area contributed by atoms with Gasteiger partial charge in [-0.1, -0.05) is 18.2 Å². The number of benzene rings is 1. The van der Waals surface area contributed by atoms with Crippen molar-refractivity contribution in [2.75, 3.05) is 7.05 Å². The second kappa shape index (κ2) is 4.07. The van der Waals surface area contributed by atoms with Gasteiger partial charge in [-0.15, -0.1) is 0 Å². The molecular formula is C13H17NO. The quantitative estimate of drug-likeness (QED) is 0.829. The molecule has 80 valence electrons. The van der Waals surface area contributed by atoms with Gasteiger partial charge in [-0.2, -0.15) is 0 Å². The van der Waals surface area contributed by atoms with Crippen molar-refractivity contribution in [3.05, 3.63) is 35.6 Å². The molecule has 2 aromatic rings. The maximum Gasteiger partial charge on any atom is 0.137 e. The number of hydrogen-bond donors (Lipinski definition) is 1. The van der Waals surface area contributed by atoms with Gasteiger partial charge in [0.2, 0.25) is 0 Å². The highest BCUT2D eigenvalue weighted by molar-refractivity contribution is 5.83. The van der Waals surface area contributed by atoms with Gasteiger partial charge < -0.3 is 9.73 Å². The third kappa shape index (κ3) is 1.90. The lowest BCUT2D eigenvalue weighted by molar-refractivity contribution is 0.583. The minimum absolute atomic E-state index is 0.473. The Kier molecular flexibility index (Phi) is 2.78. The van der Waals surface area contributed by atoms with Crippen LogP contribution >= 0.6 is 0 Å². The van der Waals surface area contributed by atoms with E-state index < -0.39 is 0 Å². The summed E-state index contributed by atoms with van der Waals surface area (Å²) in [5.41, 5.74) is 3.53. The summed E-state index contributed by atoms with van der Waals surface area (Å²) < 4.78 is 5.60. The van der Waals surface area contributed by atoms with Gasteiger partial charge in [0.15, 0.2) is 0 Å². The molecule has 0 aliphatic carbocycles. The topological polar surface area (TPSA) is 25.2 Å². The smallest absolute Gasteiger partial charge is 0.137 e. The predicted molar refractivity (Wildman–Crippen MR) is 63.2 cm³/mol. The van der Waals surface area contributed by atoms with Crippen LogP contribution < -0.4 is 5.32 Å². The molecule has 0 saturated carbocycles. The van der Waals surface area contributed by atoms with Crippen molar-refractivity contribution in [3.63, 3.8) is 0 Å². The summed E-state index contributed by atoms with van der Waals surface area (Å²) in [6, 6.07) is 6.82. The summed E-state index contributed by atoms with van der Waals surface area (Å²) >= 11 is 0. The van der Waals surface area contributed by atoms with Gasteiger partial charge in [-0.25, -0.2) is 0 Å². The van der Waals surface area contributed by atoms with E-state index in [0.717, 1.165) is 12.0 Å². The van der Waals surface area contributed by atoms with Crippen LogP contribution in [0.1, 0.15) is 18.1 Å². The van der Waals surface area contributed by atoms with Crippen LogP contribution in [-0.2, 0) is 6.42 Å². The lowest BCUT2D eigenvalue weighted by atomic mass is 10.0. The fourth-order valence-electron chi connectivity index (χ4n) is 1.84. The van der Waals surface area contributed by atoms with Gasteiger partial charge in [0.1, 0.15) is 5.58 Å². The average Bonchev–Trinajstić information content (AvgIpc) is 2.62. The van der Waals surface area contributed by atoms with Gasteiger partial charge in [-0.3, -0.25) is 0 Å². The zero-order chi connectivity index (χ0) is 10.8.